The molecule has 0 saturated carbocycles. The van der Waals surface area contributed by atoms with E-state index in [2.05, 4.69) is 12.6 Å². The van der Waals surface area contributed by atoms with Crippen LogP contribution in [0.3, 0.4) is 0 Å². The Morgan fingerprint density at radius 1 is 0.567 bits per heavy atom. The molecule has 0 fully saturated rings. The van der Waals surface area contributed by atoms with Crippen LogP contribution in [0.25, 0.3) is 0 Å². The predicted molar refractivity (Wildman–Crippen MR) is 126 cm³/mol. The molecule has 152 valence electrons. The van der Waals surface area contributed by atoms with Gasteiger partial charge in [-0.15, -0.1) is 12.6 Å². The first-order valence-electron chi connectivity index (χ1n) is 9.67. The summed E-state index contributed by atoms with van der Waals surface area (Å²) >= 11 is 4.25. The summed E-state index contributed by atoms with van der Waals surface area (Å²) in [5, 5.41) is 0. The van der Waals surface area contributed by atoms with Gasteiger partial charge < -0.3 is 15.2 Å². The van der Waals surface area contributed by atoms with Crippen LogP contribution < -0.4 is 15.2 Å². The minimum atomic E-state index is 0.574. The zero-order valence-corrected chi connectivity index (χ0v) is 17.5. The van der Waals surface area contributed by atoms with E-state index >= 15 is 0 Å². The van der Waals surface area contributed by atoms with Crippen molar-refractivity contribution >= 4 is 18.3 Å². The Labute approximate surface area is 183 Å². The van der Waals surface area contributed by atoms with Gasteiger partial charge in [-0.05, 0) is 41.5 Å². The van der Waals surface area contributed by atoms with E-state index in [1.165, 1.54) is 5.56 Å². The van der Waals surface area contributed by atoms with Crippen LogP contribution in [0, 0.1) is 0 Å². The van der Waals surface area contributed by atoms with Gasteiger partial charge in [-0.3, -0.25) is 0 Å². The van der Waals surface area contributed by atoms with Gasteiger partial charge in [0.25, 0.3) is 0 Å². The first-order valence-corrected chi connectivity index (χ1v) is 10.1. The molecular formula is C26H25NO2S. The summed E-state index contributed by atoms with van der Waals surface area (Å²) in [5.41, 5.74) is 8.69. The summed E-state index contributed by atoms with van der Waals surface area (Å²) < 4.78 is 11.2. The average molecular weight is 416 g/mol. The third-order valence-corrected chi connectivity index (χ3v) is 4.45. The standard InChI is InChI=1S/C13H13NO.C13H12OS/c14-12-7-4-8-13(9-12)15-10-11-5-2-1-3-6-11;15-13-8-4-7-12(9-13)14-10-11-5-2-1-3-6-11/h1-9H,10,14H2;1-9,15H,10H2. The molecule has 0 atom stereocenters. The Bertz CT molecular complexity index is 938. The Kier molecular flexibility index (Phi) is 8.24. The van der Waals surface area contributed by atoms with Gasteiger partial charge in [0.05, 0.1) is 0 Å². The maximum atomic E-state index is 5.65. The van der Waals surface area contributed by atoms with E-state index in [1.807, 2.05) is 109 Å². The molecule has 4 rings (SSSR count). The van der Waals surface area contributed by atoms with Crippen molar-refractivity contribution < 1.29 is 9.47 Å². The Morgan fingerprint density at radius 2 is 1.07 bits per heavy atom. The second-order valence-electron chi connectivity index (χ2n) is 6.62. The minimum absolute atomic E-state index is 0.574. The van der Waals surface area contributed by atoms with Crippen LogP contribution in [0.15, 0.2) is 114 Å². The van der Waals surface area contributed by atoms with Crippen LogP contribution in [0.1, 0.15) is 11.1 Å². The molecule has 30 heavy (non-hydrogen) atoms. The third kappa shape index (κ3) is 7.57. The lowest BCUT2D eigenvalue weighted by Gasteiger charge is -2.06. The van der Waals surface area contributed by atoms with Gasteiger partial charge in [0.15, 0.2) is 0 Å². The maximum absolute atomic E-state index is 5.65. The van der Waals surface area contributed by atoms with Crippen molar-refractivity contribution in [2.75, 3.05) is 5.73 Å². The summed E-state index contributed by atoms with van der Waals surface area (Å²) in [7, 11) is 0. The van der Waals surface area contributed by atoms with Gasteiger partial charge in [-0.25, -0.2) is 0 Å². The highest BCUT2D eigenvalue weighted by atomic mass is 32.1. The van der Waals surface area contributed by atoms with Gasteiger partial charge in [0.1, 0.15) is 24.7 Å². The summed E-state index contributed by atoms with van der Waals surface area (Å²) in [6, 6.07) is 35.3. The number of nitrogen functional groups attached to an aromatic ring is 1. The molecule has 0 aromatic heterocycles. The zero-order chi connectivity index (χ0) is 21.0. The second kappa shape index (κ2) is 11.6. The van der Waals surface area contributed by atoms with Crippen LogP contribution in [0.5, 0.6) is 11.5 Å². The normalized spacial score (nSPS) is 9.90. The van der Waals surface area contributed by atoms with E-state index < -0.39 is 0 Å². The number of anilines is 1. The lowest BCUT2D eigenvalue weighted by molar-refractivity contribution is 0.305. The Balaban J connectivity index is 0.000000171. The zero-order valence-electron chi connectivity index (χ0n) is 16.6. The molecular weight excluding hydrogens is 390 g/mol. The highest BCUT2D eigenvalue weighted by Gasteiger charge is 1.96. The molecule has 0 heterocycles. The fraction of sp³-hybridized carbons (Fsp3) is 0.0769. The van der Waals surface area contributed by atoms with Gasteiger partial charge >= 0.3 is 0 Å². The highest BCUT2D eigenvalue weighted by molar-refractivity contribution is 7.80. The maximum Gasteiger partial charge on any atom is 0.121 e. The molecule has 0 amide bonds. The van der Waals surface area contributed by atoms with Crippen LogP contribution in [0.4, 0.5) is 5.69 Å². The number of nitrogens with two attached hydrogens (primary N) is 1. The number of benzene rings is 4. The van der Waals surface area contributed by atoms with Crippen molar-refractivity contribution in [3.05, 3.63) is 120 Å². The van der Waals surface area contributed by atoms with Crippen molar-refractivity contribution in [1.29, 1.82) is 0 Å². The Morgan fingerprint density at radius 3 is 1.57 bits per heavy atom. The molecule has 0 aliphatic heterocycles. The fourth-order valence-corrected chi connectivity index (χ4v) is 2.87. The predicted octanol–water partition coefficient (Wildman–Crippen LogP) is 6.40. The largest absolute Gasteiger partial charge is 0.489 e. The first kappa shape index (κ1) is 21.3. The summed E-state index contributed by atoms with van der Waals surface area (Å²) in [6.45, 7) is 1.17. The van der Waals surface area contributed by atoms with Crippen molar-refractivity contribution in [1.82, 2.24) is 0 Å². The smallest absolute Gasteiger partial charge is 0.121 e. The molecule has 0 bridgehead atoms. The average Bonchev–Trinajstić information content (AvgIpc) is 2.78. The van der Waals surface area contributed by atoms with Crippen molar-refractivity contribution in [2.24, 2.45) is 0 Å². The fourth-order valence-electron chi connectivity index (χ4n) is 2.66. The first-order chi connectivity index (χ1) is 14.7. The number of hydrogen-bond acceptors (Lipinski definition) is 4. The third-order valence-electron chi connectivity index (χ3n) is 4.17. The Hall–Kier alpha value is -3.37. The van der Waals surface area contributed by atoms with Gasteiger partial charge in [0.2, 0.25) is 0 Å². The van der Waals surface area contributed by atoms with Gasteiger partial charge in [-0.2, -0.15) is 0 Å². The van der Waals surface area contributed by atoms with E-state index in [0.29, 0.717) is 13.2 Å². The molecule has 4 aromatic carbocycles. The highest BCUT2D eigenvalue weighted by Crippen LogP contribution is 2.17. The van der Waals surface area contributed by atoms with E-state index in [9.17, 15) is 0 Å². The number of rotatable bonds is 6. The van der Waals surface area contributed by atoms with Crippen molar-refractivity contribution in [2.45, 2.75) is 18.1 Å². The van der Waals surface area contributed by atoms with Crippen LogP contribution in [-0.2, 0) is 13.2 Å². The molecule has 0 aliphatic rings. The van der Waals surface area contributed by atoms with E-state index in [4.69, 9.17) is 15.2 Å². The van der Waals surface area contributed by atoms with E-state index in [1.54, 1.807) is 0 Å². The van der Waals surface area contributed by atoms with Crippen molar-refractivity contribution in [3.8, 4) is 11.5 Å². The monoisotopic (exact) mass is 415 g/mol. The van der Waals surface area contributed by atoms with Crippen LogP contribution >= 0.6 is 12.6 Å². The number of thiol groups is 1. The number of hydrogen-bond donors (Lipinski definition) is 2. The molecule has 0 radical (unpaired) electrons. The van der Waals surface area contributed by atoms with Crippen LogP contribution in [-0.4, -0.2) is 0 Å². The summed E-state index contributed by atoms with van der Waals surface area (Å²) in [4.78, 5) is 0.917. The molecule has 0 saturated heterocycles. The van der Waals surface area contributed by atoms with Gasteiger partial charge in [-0.1, -0.05) is 72.8 Å². The van der Waals surface area contributed by atoms with Crippen LogP contribution in [0.2, 0.25) is 0 Å². The van der Waals surface area contributed by atoms with Gasteiger partial charge in [0, 0.05) is 16.6 Å². The molecule has 2 N–H and O–H groups in total. The molecule has 3 nitrogen and oxygen atoms in total. The topological polar surface area (TPSA) is 44.5 Å². The molecule has 4 heteroatoms. The lowest BCUT2D eigenvalue weighted by Crippen LogP contribution is -1.95. The summed E-state index contributed by atoms with van der Waals surface area (Å²) in [6.07, 6.45) is 0. The minimum Gasteiger partial charge on any atom is -0.489 e. The van der Waals surface area contributed by atoms with E-state index in [0.717, 1.165) is 27.6 Å². The molecule has 0 unspecified atom stereocenters. The quantitative estimate of drug-likeness (QED) is 0.283. The second-order valence-corrected chi connectivity index (χ2v) is 7.13. The van der Waals surface area contributed by atoms with Crippen molar-refractivity contribution in [3.63, 3.8) is 0 Å². The molecule has 0 aliphatic carbocycles. The molecule has 4 aromatic rings. The lowest BCUT2D eigenvalue weighted by atomic mass is 10.2. The SMILES string of the molecule is Nc1cccc(OCc2ccccc2)c1.Sc1cccc(OCc2ccccc2)c1. The summed E-state index contributed by atoms with van der Waals surface area (Å²) in [5.74, 6) is 1.66. The van der Waals surface area contributed by atoms with E-state index in [-0.39, 0.29) is 0 Å². The number of ether oxygens (including phenoxy) is 2. The molecule has 0 spiro atoms.